The summed E-state index contributed by atoms with van der Waals surface area (Å²) in [6.07, 6.45) is 6.15. The summed E-state index contributed by atoms with van der Waals surface area (Å²) >= 11 is 0. The molecule has 0 saturated carbocycles. The topological polar surface area (TPSA) is 129 Å². The van der Waals surface area contributed by atoms with Crippen molar-refractivity contribution >= 4 is 23.8 Å². The van der Waals surface area contributed by atoms with Gasteiger partial charge in [0.15, 0.2) is 0 Å². The molecule has 3 aliphatic carbocycles. The van der Waals surface area contributed by atoms with E-state index in [4.69, 9.17) is 4.74 Å². The van der Waals surface area contributed by atoms with E-state index in [1.165, 1.54) is 16.7 Å². The second kappa shape index (κ2) is 18.2. The number of carbonyl (C=O) groups is 4. The molecule has 10 heteroatoms. The first kappa shape index (κ1) is 43.6. The molecule has 2 heterocycles. The van der Waals surface area contributed by atoms with Gasteiger partial charge in [-0.2, -0.15) is 0 Å². The van der Waals surface area contributed by atoms with E-state index in [1.807, 2.05) is 63.2 Å². The molecule has 10 rings (SSSR count). The first-order valence-electron chi connectivity index (χ1n) is 24.0. The fourth-order valence-electron chi connectivity index (χ4n) is 11.5. The molecule has 4 N–H and O–H groups in total. The third kappa shape index (κ3) is 8.63. The molecule has 340 valence electrons. The Kier molecular flexibility index (Phi) is 12.0. The largest absolute Gasteiger partial charge is 0.449 e. The molecular weight excluding hydrogens is 823 g/mol. The van der Waals surface area contributed by atoms with Crippen LogP contribution in [0.5, 0.6) is 0 Å². The molecule has 5 aliphatic rings. The number of benzene rings is 5. The van der Waals surface area contributed by atoms with Gasteiger partial charge in [-0.05, 0) is 118 Å². The number of hydrogen-bond acceptors (Lipinski definition) is 6. The van der Waals surface area contributed by atoms with Gasteiger partial charge in [0.05, 0.1) is 18.1 Å². The Morgan fingerprint density at radius 2 is 1.27 bits per heavy atom. The number of ether oxygens (including phenoxy) is 1. The van der Waals surface area contributed by atoms with E-state index in [0.29, 0.717) is 25.9 Å². The number of alkyl carbamates (subject to hydrolysis) is 1. The Balaban J connectivity index is 0.863. The Morgan fingerprint density at radius 3 is 1.89 bits per heavy atom. The van der Waals surface area contributed by atoms with Gasteiger partial charge in [0, 0.05) is 24.9 Å². The molecule has 2 aliphatic heterocycles. The zero-order valence-electron chi connectivity index (χ0n) is 38.3. The lowest BCUT2D eigenvalue weighted by atomic mass is 9.85. The number of fused-ring (bicyclic) bond motifs is 6. The van der Waals surface area contributed by atoms with Crippen molar-refractivity contribution in [3.63, 3.8) is 0 Å². The first-order chi connectivity index (χ1) is 32.0. The van der Waals surface area contributed by atoms with Gasteiger partial charge in [-0.15, -0.1) is 0 Å². The molecule has 1 fully saturated rings. The number of rotatable bonds is 9. The Labute approximate surface area is 388 Å². The highest BCUT2D eigenvalue weighted by atomic mass is 16.5. The van der Waals surface area contributed by atoms with Crippen molar-refractivity contribution in [1.29, 1.82) is 0 Å². The second-order valence-corrected chi connectivity index (χ2v) is 20.2. The molecule has 10 nitrogen and oxygen atoms in total. The van der Waals surface area contributed by atoms with E-state index < -0.39 is 23.6 Å². The third-order valence-corrected chi connectivity index (χ3v) is 15.0. The maximum Gasteiger partial charge on any atom is 0.407 e. The van der Waals surface area contributed by atoms with Crippen molar-refractivity contribution in [2.24, 2.45) is 5.41 Å². The van der Waals surface area contributed by atoms with Crippen LogP contribution in [0, 0.1) is 5.41 Å². The molecular formula is C56H61N5O5. The summed E-state index contributed by atoms with van der Waals surface area (Å²) < 4.78 is 5.97. The maximum atomic E-state index is 15.1. The Morgan fingerprint density at radius 1 is 0.697 bits per heavy atom. The predicted octanol–water partition coefficient (Wildman–Crippen LogP) is 8.73. The molecule has 4 amide bonds. The highest BCUT2D eigenvalue weighted by Crippen LogP contribution is 2.45. The number of nitrogens with one attached hydrogen (secondary N) is 4. The van der Waals surface area contributed by atoms with E-state index in [2.05, 4.69) is 94.1 Å². The van der Waals surface area contributed by atoms with Gasteiger partial charge in [0.25, 0.3) is 0 Å². The monoisotopic (exact) mass is 883 g/mol. The van der Waals surface area contributed by atoms with Crippen molar-refractivity contribution in [3.8, 4) is 11.1 Å². The standard InChI is InChI=1S/C56H61N5O5/c1-56(2,3)51(60-55(65)66-33-46-44-22-10-8-20-42(44)43-21-9-11-23-45(43)46)54(64)61-32-39(30-50(61)53(63)59-48-25-13-17-35-15-5-7-19-41(35)48)36-26-27-37-29-49(57-31-38(37)28-36)52(62)58-47-24-12-16-34-14-4-6-18-40(34)47/h4-11,14-15,18-23,26-28,39,46-51,57H,12-13,16-17,24-25,29-33H2,1-3H3,(H,58,62)(H,59,63)(H,60,65)/t39?,47?,48?,49-,50-,51+/m0/s1. The third-order valence-electron chi connectivity index (χ3n) is 15.0. The van der Waals surface area contributed by atoms with Crippen LogP contribution in [0.15, 0.2) is 115 Å². The second-order valence-electron chi connectivity index (χ2n) is 20.2. The zero-order chi connectivity index (χ0) is 45.5. The fourth-order valence-corrected chi connectivity index (χ4v) is 11.5. The van der Waals surface area contributed by atoms with Gasteiger partial charge in [-0.1, -0.05) is 136 Å². The van der Waals surface area contributed by atoms with Gasteiger partial charge >= 0.3 is 6.09 Å². The van der Waals surface area contributed by atoms with Gasteiger partial charge in [0.1, 0.15) is 18.7 Å². The Bertz CT molecular complexity index is 2630. The SMILES string of the molecule is CC(C)(C)[C@H](NC(=O)OCC1c2ccccc2-c2ccccc21)C(=O)N1CC(c2ccc3c(c2)CN[C@H](C(=O)NC2CCCc4ccccc42)C3)C[C@H]1C(=O)NC1CCCc2ccccc21. The minimum atomic E-state index is -0.962. The molecule has 6 atom stereocenters. The molecule has 0 radical (unpaired) electrons. The van der Waals surface area contributed by atoms with Crippen LogP contribution in [-0.2, 0) is 44.9 Å². The minimum absolute atomic E-state index is 0.0194. The number of likely N-dealkylation sites (tertiary alicyclic amines) is 1. The summed E-state index contributed by atoms with van der Waals surface area (Å²) in [5, 5.41) is 13.2. The van der Waals surface area contributed by atoms with Gasteiger partial charge < -0.3 is 30.9 Å². The number of aryl methyl sites for hydroxylation is 2. The average molecular weight is 884 g/mol. The van der Waals surface area contributed by atoms with E-state index >= 15 is 4.79 Å². The number of amides is 4. The van der Waals surface area contributed by atoms with Crippen molar-refractivity contribution in [3.05, 3.63) is 165 Å². The van der Waals surface area contributed by atoms with Crippen molar-refractivity contribution in [1.82, 2.24) is 26.2 Å². The van der Waals surface area contributed by atoms with E-state index in [0.717, 1.165) is 83.0 Å². The van der Waals surface area contributed by atoms with E-state index in [9.17, 15) is 14.4 Å². The molecule has 0 spiro atoms. The number of nitrogens with zero attached hydrogens (tertiary/aromatic N) is 1. The maximum absolute atomic E-state index is 15.1. The van der Waals surface area contributed by atoms with Crippen LogP contribution in [0.25, 0.3) is 11.1 Å². The quantitative estimate of drug-likeness (QED) is 0.117. The first-order valence-corrected chi connectivity index (χ1v) is 24.0. The van der Waals surface area contributed by atoms with Crippen LogP contribution in [0.1, 0.15) is 127 Å². The predicted molar refractivity (Wildman–Crippen MR) is 256 cm³/mol. The number of carbonyl (C=O) groups excluding carboxylic acids is 4. The summed E-state index contributed by atoms with van der Waals surface area (Å²) in [7, 11) is 0. The highest BCUT2D eigenvalue weighted by Gasteiger charge is 2.46. The zero-order valence-corrected chi connectivity index (χ0v) is 38.3. The summed E-state index contributed by atoms with van der Waals surface area (Å²) in [5.41, 5.74) is 12.0. The van der Waals surface area contributed by atoms with Crippen LogP contribution in [0.4, 0.5) is 4.79 Å². The van der Waals surface area contributed by atoms with Crippen LogP contribution in [0.3, 0.4) is 0 Å². The summed E-state index contributed by atoms with van der Waals surface area (Å²) in [6.45, 7) is 6.77. The van der Waals surface area contributed by atoms with Crippen LogP contribution in [-0.4, -0.2) is 60.0 Å². The molecule has 3 unspecified atom stereocenters. The van der Waals surface area contributed by atoms with Gasteiger partial charge in [-0.3, -0.25) is 14.4 Å². The van der Waals surface area contributed by atoms with Gasteiger partial charge in [-0.25, -0.2) is 4.79 Å². The number of hydrogen-bond donors (Lipinski definition) is 4. The molecule has 66 heavy (non-hydrogen) atoms. The average Bonchev–Trinajstić information content (AvgIpc) is 3.92. The van der Waals surface area contributed by atoms with Crippen molar-refractivity contribution in [2.45, 2.75) is 121 Å². The van der Waals surface area contributed by atoms with Crippen molar-refractivity contribution in [2.75, 3.05) is 13.2 Å². The lowest BCUT2D eigenvalue weighted by Gasteiger charge is -2.36. The lowest BCUT2D eigenvalue weighted by Crippen LogP contribution is -2.58. The molecule has 5 aromatic carbocycles. The summed E-state index contributed by atoms with van der Waals surface area (Å²) in [5.74, 6) is -0.729. The van der Waals surface area contributed by atoms with E-state index in [1.54, 1.807) is 4.90 Å². The van der Waals surface area contributed by atoms with E-state index in [-0.39, 0.29) is 54.3 Å². The summed E-state index contributed by atoms with van der Waals surface area (Å²) in [6, 6.07) is 37.3. The lowest BCUT2D eigenvalue weighted by molar-refractivity contribution is -0.142. The molecule has 5 aromatic rings. The smallest absolute Gasteiger partial charge is 0.407 e. The van der Waals surface area contributed by atoms with Crippen LogP contribution in [0.2, 0.25) is 0 Å². The molecule has 0 bridgehead atoms. The fraction of sp³-hybridized carbons (Fsp3) is 0.393. The highest BCUT2D eigenvalue weighted by molar-refractivity contribution is 5.93. The van der Waals surface area contributed by atoms with Crippen LogP contribution < -0.4 is 21.3 Å². The molecule has 0 aromatic heterocycles. The Hall–Kier alpha value is -6.26. The van der Waals surface area contributed by atoms with Gasteiger partial charge in [0.2, 0.25) is 17.7 Å². The molecule has 1 saturated heterocycles. The van der Waals surface area contributed by atoms with Crippen LogP contribution >= 0.6 is 0 Å². The summed E-state index contributed by atoms with van der Waals surface area (Å²) in [4.78, 5) is 58.9. The van der Waals surface area contributed by atoms with Crippen molar-refractivity contribution < 1.29 is 23.9 Å². The minimum Gasteiger partial charge on any atom is -0.449 e. The normalized spacial score (nSPS) is 22.4.